The fourth-order valence-electron chi connectivity index (χ4n) is 3.48. The van der Waals surface area contributed by atoms with Crippen molar-refractivity contribution in [3.8, 4) is 0 Å². The van der Waals surface area contributed by atoms with Crippen LogP contribution in [0.25, 0.3) is 0 Å². The van der Waals surface area contributed by atoms with E-state index in [4.69, 9.17) is 4.74 Å². The highest BCUT2D eigenvalue weighted by molar-refractivity contribution is 5.36. The molecule has 1 aromatic carbocycles. The fourth-order valence-corrected chi connectivity index (χ4v) is 3.48. The second kappa shape index (κ2) is 5.50. The van der Waals surface area contributed by atoms with Crippen molar-refractivity contribution in [1.29, 1.82) is 0 Å². The van der Waals surface area contributed by atoms with Crippen LogP contribution in [0.3, 0.4) is 0 Å². The molecule has 0 aromatic heterocycles. The number of hydrogen-bond donors (Lipinski definition) is 0. The monoisotopic (exact) mass is 273 g/mol. The van der Waals surface area contributed by atoms with Gasteiger partial charge in [-0.3, -0.25) is 4.90 Å². The molecule has 0 radical (unpaired) electrons. The quantitative estimate of drug-likeness (QED) is 0.803. The third-order valence-electron chi connectivity index (χ3n) is 4.62. The summed E-state index contributed by atoms with van der Waals surface area (Å²) in [6.45, 7) is 9.75. The summed E-state index contributed by atoms with van der Waals surface area (Å²) in [5.41, 5.74) is 3.33. The number of rotatable bonds is 2. The molecule has 1 saturated carbocycles. The lowest BCUT2D eigenvalue weighted by Gasteiger charge is -2.41. The standard InChI is InChI=1S/C18H27NO/c1-18(2,3)19-11-13-20-12-10-17(19)16-7-5-4-6-15(16)14-8-9-14/h4-7,14,17H,8-13H2,1-3H3. The van der Waals surface area contributed by atoms with Gasteiger partial charge in [0, 0.05) is 24.7 Å². The van der Waals surface area contributed by atoms with E-state index in [2.05, 4.69) is 49.9 Å². The Morgan fingerprint density at radius 2 is 1.70 bits per heavy atom. The van der Waals surface area contributed by atoms with Gasteiger partial charge in [0.1, 0.15) is 0 Å². The van der Waals surface area contributed by atoms with Crippen LogP contribution in [0, 0.1) is 0 Å². The Labute approximate surface area is 123 Å². The Bertz CT molecular complexity index is 459. The molecule has 0 spiro atoms. The van der Waals surface area contributed by atoms with Gasteiger partial charge < -0.3 is 4.74 Å². The molecule has 0 bridgehead atoms. The molecule has 110 valence electrons. The summed E-state index contributed by atoms with van der Waals surface area (Å²) in [6, 6.07) is 9.61. The van der Waals surface area contributed by atoms with Gasteiger partial charge in [-0.15, -0.1) is 0 Å². The lowest BCUT2D eigenvalue weighted by Crippen LogP contribution is -2.44. The van der Waals surface area contributed by atoms with E-state index in [0.717, 1.165) is 32.1 Å². The van der Waals surface area contributed by atoms with Crippen LogP contribution in [0.1, 0.15) is 63.1 Å². The minimum Gasteiger partial charge on any atom is -0.380 e. The Hall–Kier alpha value is -0.860. The molecular formula is C18H27NO. The lowest BCUT2D eigenvalue weighted by atomic mass is 9.91. The first-order valence-electron chi connectivity index (χ1n) is 8.00. The van der Waals surface area contributed by atoms with Crippen LogP contribution in [0.4, 0.5) is 0 Å². The van der Waals surface area contributed by atoms with E-state index in [9.17, 15) is 0 Å². The average molecular weight is 273 g/mol. The topological polar surface area (TPSA) is 12.5 Å². The van der Waals surface area contributed by atoms with E-state index >= 15 is 0 Å². The van der Waals surface area contributed by atoms with E-state index in [-0.39, 0.29) is 5.54 Å². The van der Waals surface area contributed by atoms with Crippen molar-refractivity contribution in [2.45, 2.75) is 57.5 Å². The van der Waals surface area contributed by atoms with Crippen molar-refractivity contribution in [3.63, 3.8) is 0 Å². The van der Waals surface area contributed by atoms with Gasteiger partial charge in [-0.05, 0) is 57.1 Å². The molecule has 2 nitrogen and oxygen atoms in total. The number of hydrogen-bond acceptors (Lipinski definition) is 2. The summed E-state index contributed by atoms with van der Waals surface area (Å²) in [5.74, 6) is 0.817. The summed E-state index contributed by atoms with van der Waals surface area (Å²) in [5, 5.41) is 0. The maximum Gasteiger partial charge on any atom is 0.0593 e. The SMILES string of the molecule is CC(C)(C)N1CCOCCC1c1ccccc1C1CC1. The van der Waals surface area contributed by atoms with Crippen molar-refractivity contribution in [3.05, 3.63) is 35.4 Å². The summed E-state index contributed by atoms with van der Waals surface area (Å²) in [6.07, 6.45) is 3.85. The Morgan fingerprint density at radius 3 is 2.35 bits per heavy atom. The predicted octanol–water partition coefficient (Wildman–Crippen LogP) is 4.13. The molecule has 0 amide bonds. The summed E-state index contributed by atoms with van der Waals surface area (Å²) in [7, 11) is 0. The summed E-state index contributed by atoms with van der Waals surface area (Å²) in [4.78, 5) is 2.64. The first kappa shape index (κ1) is 14.1. The molecule has 1 aliphatic heterocycles. The Morgan fingerprint density at radius 1 is 1.00 bits per heavy atom. The van der Waals surface area contributed by atoms with Gasteiger partial charge in [0.2, 0.25) is 0 Å². The predicted molar refractivity (Wildman–Crippen MR) is 83.1 cm³/mol. The van der Waals surface area contributed by atoms with Crippen LogP contribution >= 0.6 is 0 Å². The molecule has 0 N–H and O–H groups in total. The lowest BCUT2D eigenvalue weighted by molar-refractivity contribution is 0.0786. The van der Waals surface area contributed by atoms with E-state index in [1.165, 1.54) is 12.8 Å². The van der Waals surface area contributed by atoms with Crippen LogP contribution in [0.15, 0.2) is 24.3 Å². The van der Waals surface area contributed by atoms with Crippen LogP contribution < -0.4 is 0 Å². The van der Waals surface area contributed by atoms with Crippen molar-refractivity contribution in [2.24, 2.45) is 0 Å². The highest BCUT2D eigenvalue weighted by Crippen LogP contribution is 2.45. The van der Waals surface area contributed by atoms with Crippen LogP contribution in [-0.2, 0) is 4.74 Å². The van der Waals surface area contributed by atoms with Crippen molar-refractivity contribution in [2.75, 3.05) is 19.8 Å². The minimum atomic E-state index is 0.190. The largest absolute Gasteiger partial charge is 0.380 e. The zero-order valence-corrected chi connectivity index (χ0v) is 13.1. The fraction of sp³-hybridized carbons (Fsp3) is 0.667. The molecule has 1 saturated heterocycles. The molecule has 1 unspecified atom stereocenters. The first-order valence-corrected chi connectivity index (χ1v) is 8.00. The van der Waals surface area contributed by atoms with Gasteiger partial charge in [0.15, 0.2) is 0 Å². The van der Waals surface area contributed by atoms with Crippen molar-refractivity contribution >= 4 is 0 Å². The van der Waals surface area contributed by atoms with E-state index in [1.807, 2.05) is 0 Å². The maximum absolute atomic E-state index is 5.75. The molecule has 1 aromatic rings. The Balaban J connectivity index is 1.96. The molecule has 1 aliphatic carbocycles. The van der Waals surface area contributed by atoms with Crippen molar-refractivity contribution < 1.29 is 4.74 Å². The van der Waals surface area contributed by atoms with Gasteiger partial charge in [-0.2, -0.15) is 0 Å². The summed E-state index contributed by atoms with van der Waals surface area (Å²) >= 11 is 0. The number of nitrogens with zero attached hydrogens (tertiary/aromatic N) is 1. The van der Waals surface area contributed by atoms with Crippen LogP contribution in [-0.4, -0.2) is 30.2 Å². The smallest absolute Gasteiger partial charge is 0.0593 e. The molecule has 2 heteroatoms. The third kappa shape index (κ3) is 2.91. The van der Waals surface area contributed by atoms with Crippen LogP contribution in [0.2, 0.25) is 0 Å². The summed E-state index contributed by atoms with van der Waals surface area (Å²) < 4.78 is 5.75. The van der Waals surface area contributed by atoms with Gasteiger partial charge in [-0.25, -0.2) is 0 Å². The average Bonchev–Trinajstić information content (AvgIpc) is 3.24. The van der Waals surface area contributed by atoms with Crippen molar-refractivity contribution in [1.82, 2.24) is 4.90 Å². The highest BCUT2D eigenvalue weighted by Gasteiger charge is 2.35. The van der Waals surface area contributed by atoms with Gasteiger partial charge in [0.25, 0.3) is 0 Å². The molecule has 1 heterocycles. The molecule has 20 heavy (non-hydrogen) atoms. The Kier molecular flexibility index (Phi) is 3.87. The number of ether oxygens (including phenoxy) is 1. The normalized spacial score (nSPS) is 25.4. The molecular weight excluding hydrogens is 246 g/mol. The first-order chi connectivity index (χ1) is 9.57. The van der Waals surface area contributed by atoms with Gasteiger partial charge in [0.05, 0.1) is 6.61 Å². The molecule has 3 rings (SSSR count). The zero-order chi connectivity index (χ0) is 14.2. The zero-order valence-electron chi connectivity index (χ0n) is 13.1. The molecule has 1 atom stereocenters. The minimum absolute atomic E-state index is 0.190. The third-order valence-corrected chi connectivity index (χ3v) is 4.62. The molecule has 2 aliphatic rings. The highest BCUT2D eigenvalue weighted by atomic mass is 16.5. The van der Waals surface area contributed by atoms with E-state index < -0.39 is 0 Å². The molecule has 2 fully saturated rings. The van der Waals surface area contributed by atoms with Gasteiger partial charge >= 0.3 is 0 Å². The van der Waals surface area contributed by atoms with Crippen LogP contribution in [0.5, 0.6) is 0 Å². The second-order valence-electron chi connectivity index (χ2n) is 7.18. The second-order valence-corrected chi connectivity index (χ2v) is 7.18. The van der Waals surface area contributed by atoms with E-state index in [1.54, 1.807) is 11.1 Å². The maximum atomic E-state index is 5.75. The number of benzene rings is 1. The van der Waals surface area contributed by atoms with E-state index in [0.29, 0.717) is 6.04 Å². The van der Waals surface area contributed by atoms with Gasteiger partial charge in [-0.1, -0.05) is 24.3 Å².